The van der Waals surface area contributed by atoms with Crippen molar-refractivity contribution in [2.24, 2.45) is 0 Å². The van der Waals surface area contributed by atoms with Crippen LogP contribution in [0.4, 0.5) is 0 Å². The third kappa shape index (κ3) is 2.49. The van der Waals surface area contributed by atoms with E-state index in [1.165, 1.54) is 11.3 Å². The summed E-state index contributed by atoms with van der Waals surface area (Å²) in [6.45, 7) is 0. The molecule has 100 valence electrons. The van der Waals surface area contributed by atoms with Gasteiger partial charge in [0.05, 0.1) is 7.11 Å². The second-order valence-electron chi connectivity index (χ2n) is 4.36. The maximum absolute atomic E-state index is 12.3. The summed E-state index contributed by atoms with van der Waals surface area (Å²) in [4.78, 5) is 12.3. The molecule has 1 aromatic heterocycles. The van der Waals surface area contributed by atoms with Crippen LogP contribution in [0.15, 0.2) is 57.8 Å². The lowest BCUT2D eigenvalue weighted by atomic mass is 10.1. The Hall–Kier alpha value is -1.65. The molecule has 0 amide bonds. The van der Waals surface area contributed by atoms with Crippen LogP contribution >= 0.6 is 27.3 Å². The fourth-order valence-electron chi connectivity index (χ4n) is 2.05. The molecule has 0 unspecified atom stereocenters. The number of rotatable bonds is 2. The van der Waals surface area contributed by atoms with E-state index in [9.17, 15) is 4.79 Å². The minimum atomic E-state index is 0.0630. The summed E-state index contributed by atoms with van der Waals surface area (Å²) in [6.07, 6.45) is 0. The van der Waals surface area contributed by atoms with Gasteiger partial charge in [-0.1, -0.05) is 39.4 Å². The molecule has 0 atom stereocenters. The van der Waals surface area contributed by atoms with E-state index in [1.54, 1.807) is 7.11 Å². The molecular weight excluding hydrogens is 336 g/mol. The molecule has 0 saturated carbocycles. The first-order chi connectivity index (χ1) is 9.67. The number of hydrogen-bond acceptors (Lipinski definition) is 3. The first kappa shape index (κ1) is 13.3. The molecule has 2 aromatic carbocycles. The second kappa shape index (κ2) is 5.38. The van der Waals surface area contributed by atoms with Gasteiger partial charge in [0.25, 0.3) is 0 Å². The molecule has 0 radical (unpaired) electrons. The highest BCUT2D eigenvalue weighted by Crippen LogP contribution is 2.27. The highest BCUT2D eigenvalue weighted by atomic mass is 79.9. The van der Waals surface area contributed by atoms with E-state index in [1.807, 2.05) is 48.5 Å². The molecule has 0 fully saturated rings. The molecule has 3 aromatic rings. The molecule has 2 nitrogen and oxygen atoms in total. The minimum Gasteiger partial charge on any atom is -0.497 e. The normalized spacial score (nSPS) is 10.7. The van der Waals surface area contributed by atoms with Crippen molar-refractivity contribution < 1.29 is 4.74 Å². The van der Waals surface area contributed by atoms with Gasteiger partial charge in [-0.05, 0) is 47.3 Å². The fourth-order valence-corrected chi connectivity index (χ4v) is 3.22. The zero-order valence-electron chi connectivity index (χ0n) is 10.7. The molecule has 0 bridgehead atoms. The van der Waals surface area contributed by atoms with Gasteiger partial charge < -0.3 is 4.74 Å². The molecule has 0 spiro atoms. The van der Waals surface area contributed by atoms with Crippen molar-refractivity contribution >= 4 is 37.4 Å². The van der Waals surface area contributed by atoms with Gasteiger partial charge in [0.15, 0.2) is 0 Å². The average molecular weight is 347 g/mol. The number of benzene rings is 2. The van der Waals surface area contributed by atoms with Gasteiger partial charge in [-0.25, -0.2) is 0 Å². The summed E-state index contributed by atoms with van der Waals surface area (Å²) < 4.78 is 7.20. The van der Waals surface area contributed by atoms with Crippen LogP contribution in [0, 0.1) is 0 Å². The van der Waals surface area contributed by atoms with E-state index >= 15 is 0 Å². The quantitative estimate of drug-likeness (QED) is 0.672. The standard InChI is InChI=1S/C16H11BrO2S/c1-19-13-7-4-11-8-14(16(18)20-15(11)9-13)10-2-5-12(17)6-3-10/h2-9H,1H3. The summed E-state index contributed by atoms with van der Waals surface area (Å²) in [5, 5.41) is 1.05. The fraction of sp³-hybridized carbons (Fsp3) is 0.0625. The van der Waals surface area contributed by atoms with Crippen molar-refractivity contribution in [1.29, 1.82) is 0 Å². The Kier molecular flexibility index (Phi) is 3.59. The second-order valence-corrected chi connectivity index (χ2v) is 6.29. The van der Waals surface area contributed by atoms with E-state index in [4.69, 9.17) is 4.74 Å². The molecule has 20 heavy (non-hydrogen) atoms. The molecule has 1 heterocycles. The predicted octanol–water partition coefficient (Wildman–Crippen LogP) is 4.70. The highest BCUT2D eigenvalue weighted by molar-refractivity contribution is 9.10. The molecule has 3 rings (SSSR count). The number of hydrogen-bond donors (Lipinski definition) is 0. The molecular formula is C16H11BrO2S. The lowest BCUT2D eigenvalue weighted by molar-refractivity contribution is 0.415. The first-order valence-corrected chi connectivity index (χ1v) is 7.66. The van der Waals surface area contributed by atoms with Crippen molar-refractivity contribution in [2.45, 2.75) is 0 Å². The highest BCUT2D eigenvalue weighted by Gasteiger charge is 2.07. The van der Waals surface area contributed by atoms with Crippen molar-refractivity contribution in [2.75, 3.05) is 7.11 Å². The van der Waals surface area contributed by atoms with Gasteiger partial charge in [0.2, 0.25) is 4.74 Å². The summed E-state index contributed by atoms with van der Waals surface area (Å²) in [5.41, 5.74) is 1.67. The number of methoxy groups -OCH3 is 1. The van der Waals surface area contributed by atoms with Crippen LogP contribution in [0.5, 0.6) is 5.75 Å². The smallest absolute Gasteiger partial charge is 0.240 e. The molecule has 0 saturated heterocycles. The van der Waals surface area contributed by atoms with Gasteiger partial charge in [0.1, 0.15) is 5.75 Å². The SMILES string of the molecule is COc1ccc2cc(-c3ccc(Br)cc3)c(=O)sc2c1. The van der Waals surface area contributed by atoms with E-state index in [0.717, 1.165) is 31.4 Å². The summed E-state index contributed by atoms with van der Waals surface area (Å²) in [7, 11) is 1.63. The van der Waals surface area contributed by atoms with Gasteiger partial charge in [-0.15, -0.1) is 0 Å². The monoisotopic (exact) mass is 346 g/mol. The zero-order valence-corrected chi connectivity index (χ0v) is 13.1. The van der Waals surface area contributed by atoms with Crippen LogP contribution in [-0.2, 0) is 0 Å². The van der Waals surface area contributed by atoms with Crippen LogP contribution < -0.4 is 9.48 Å². The number of halogens is 1. The van der Waals surface area contributed by atoms with Gasteiger partial charge in [0, 0.05) is 14.7 Å². The Morgan fingerprint density at radius 1 is 1.05 bits per heavy atom. The predicted molar refractivity (Wildman–Crippen MR) is 87.8 cm³/mol. The average Bonchev–Trinajstić information content (AvgIpc) is 2.47. The Balaban J connectivity index is 2.20. The van der Waals surface area contributed by atoms with E-state index in [0.29, 0.717) is 0 Å². The zero-order chi connectivity index (χ0) is 14.1. The Morgan fingerprint density at radius 3 is 2.50 bits per heavy atom. The van der Waals surface area contributed by atoms with E-state index in [-0.39, 0.29) is 4.74 Å². The molecule has 0 N–H and O–H groups in total. The topological polar surface area (TPSA) is 26.3 Å². The van der Waals surface area contributed by atoms with Crippen LogP contribution in [0.2, 0.25) is 0 Å². The maximum Gasteiger partial charge on any atom is 0.240 e. The molecule has 0 aliphatic heterocycles. The van der Waals surface area contributed by atoms with Gasteiger partial charge >= 0.3 is 0 Å². The Morgan fingerprint density at radius 2 is 1.80 bits per heavy atom. The van der Waals surface area contributed by atoms with Gasteiger partial charge in [-0.2, -0.15) is 0 Å². The summed E-state index contributed by atoms with van der Waals surface area (Å²) in [6, 6.07) is 15.5. The van der Waals surface area contributed by atoms with E-state index in [2.05, 4.69) is 15.9 Å². The Labute approximate surface area is 128 Å². The molecule has 0 aliphatic carbocycles. The van der Waals surface area contributed by atoms with Crippen LogP contribution in [0.1, 0.15) is 0 Å². The largest absolute Gasteiger partial charge is 0.497 e. The lowest BCUT2D eigenvalue weighted by Gasteiger charge is -2.05. The van der Waals surface area contributed by atoms with Crippen molar-refractivity contribution in [3.05, 3.63) is 62.5 Å². The maximum atomic E-state index is 12.3. The third-order valence-corrected chi connectivity index (χ3v) is 4.61. The minimum absolute atomic E-state index is 0.0630. The van der Waals surface area contributed by atoms with Crippen molar-refractivity contribution in [3.8, 4) is 16.9 Å². The first-order valence-electron chi connectivity index (χ1n) is 6.05. The van der Waals surface area contributed by atoms with Gasteiger partial charge in [-0.3, -0.25) is 4.79 Å². The van der Waals surface area contributed by atoms with Crippen molar-refractivity contribution in [1.82, 2.24) is 0 Å². The number of fused-ring (bicyclic) bond motifs is 1. The Bertz CT molecular complexity index is 822. The molecule has 0 aliphatic rings. The summed E-state index contributed by atoms with van der Waals surface area (Å²) >= 11 is 4.65. The molecule has 4 heteroatoms. The number of ether oxygens (including phenoxy) is 1. The lowest BCUT2D eigenvalue weighted by Crippen LogP contribution is -1.98. The van der Waals surface area contributed by atoms with Crippen LogP contribution in [0.3, 0.4) is 0 Å². The van der Waals surface area contributed by atoms with Crippen LogP contribution in [-0.4, -0.2) is 7.11 Å². The summed E-state index contributed by atoms with van der Waals surface area (Å²) in [5.74, 6) is 0.768. The third-order valence-electron chi connectivity index (χ3n) is 3.10. The van der Waals surface area contributed by atoms with Crippen LogP contribution in [0.25, 0.3) is 21.2 Å². The van der Waals surface area contributed by atoms with E-state index < -0.39 is 0 Å². The van der Waals surface area contributed by atoms with Crippen molar-refractivity contribution in [3.63, 3.8) is 0 Å².